The Morgan fingerprint density at radius 3 is 1.86 bits per heavy atom. The Morgan fingerprint density at radius 1 is 0.905 bits per heavy atom. The zero-order valence-corrected chi connectivity index (χ0v) is 14.6. The normalized spacial score (nSPS) is 11.9. The van der Waals surface area contributed by atoms with Crippen molar-refractivity contribution in [1.29, 1.82) is 0 Å². The third-order valence-electron chi connectivity index (χ3n) is 3.54. The van der Waals surface area contributed by atoms with E-state index in [2.05, 4.69) is 17.6 Å². The molecule has 1 unspecified atom stereocenters. The number of nitrogens with one attached hydrogen (secondary N) is 2. The van der Waals surface area contributed by atoms with Crippen molar-refractivity contribution >= 4 is 18.4 Å². The lowest BCUT2D eigenvalue weighted by atomic mass is 10.1. The lowest BCUT2D eigenvalue weighted by Crippen LogP contribution is -2.42. The molecule has 0 aromatic heterocycles. The Bertz CT molecular complexity index is 228. The Kier molecular flexibility index (Phi) is 19.4. The molecule has 3 N–H and O–H groups in total. The number of hydrogen-bond acceptors (Lipinski definition) is 3. The van der Waals surface area contributed by atoms with E-state index in [1.807, 2.05) is 6.92 Å². The Hall–Kier alpha value is -0.320. The molecule has 0 heterocycles. The molecule has 0 saturated carbocycles. The van der Waals surface area contributed by atoms with Crippen molar-refractivity contribution in [2.24, 2.45) is 0 Å². The highest BCUT2D eigenvalue weighted by molar-refractivity contribution is 5.85. The maximum Gasteiger partial charge on any atom is 0.317 e. The quantitative estimate of drug-likeness (QED) is 0.316. The van der Waals surface area contributed by atoms with Crippen molar-refractivity contribution in [2.75, 3.05) is 13.1 Å². The summed E-state index contributed by atoms with van der Waals surface area (Å²) in [6.45, 7) is 5.20. The van der Waals surface area contributed by atoms with Crippen molar-refractivity contribution in [3.63, 3.8) is 0 Å². The van der Waals surface area contributed by atoms with Gasteiger partial charge in [0.2, 0.25) is 0 Å². The monoisotopic (exact) mass is 322 g/mol. The minimum Gasteiger partial charge on any atom is -0.480 e. The molecule has 0 spiro atoms. The molecule has 5 heteroatoms. The minimum atomic E-state index is -0.808. The summed E-state index contributed by atoms with van der Waals surface area (Å²) in [5.74, 6) is -0.808. The molecule has 4 nitrogen and oxygen atoms in total. The van der Waals surface area contributed by atoms with Gasteiger partial charge in [0.25, 0.3) is 0 Å². The first kappa shape index (κ1) is 23.0. The average Bonchev–Trinajstić information content (AvgIpc) is 2.42. The summed E-state index contributed by atoms with van der Waals surface area (Å²) in [6, 6.07) is 0. The molecule has 0 aliphatic rings. The Labute approximate surface area is 136 Å². The molecule has 0 aliphatic carbocycles. The van der Waals surface area contributed by atoms with Crippen molar-refractivity contribution in [2.45, 2.75) is 84.2 Å². The molecule has 21 heavy (non-hydrogen) atoms. The van der Waals surface area contributed by atoms with Gasteiger partial charge in [-0.3, -0.25) is 10.1 Å². The smallest absolute Gasteiger partial charge is 0.317 e. The van der Waals surface area contributed by atoms with Crippen LogP contribution in [-0.4, -0.2) is 30.3 Å². The largest absolute Gasteiger partial charge is 0.480 e. The highest BCUT2D eigenvalue weighted by Gasteiger charge is 2.02. The van der Waals surface area contributed by atoms with Crippen molar-refractivity contribution in [1.82, 2.24) is 10.6 Å². The van der Waals surface area contributed by atoms with Crippen molar-refractivity contribution in [3.8, 4) is 0 Å². The van der Waals surface area contributed by atoms with Crippen LogP contribution in [0.25, 0.3) is 0 Å². The van der Waals surface area contributed by atoms with Gasteiger partial charge in [0.15, 0.2) is 0 Å². The highest BCUT2D eigenvalue weighted by Crippen LogP contribution is 2.10. The predicted octanol–water partition coefficient (Wildman–Crippen LogP) is 3.94. The number of rotatable bonds is 15. The molecule has 0 aliphatic heterocycles. The van der Waals surface area contributed by atoms with Crippen LogP contribution in [0.5, 0.6) is 0 Å². The van der Waals surface area contributed by atoms with Crippen LogP contribution in [0.2, 0.25) is 0 Å². The van der Waals surface area contributed by atoms with E-state index in [9.17, 15) is 4.79 Å². The minimum absolute atomic E-state index is 0. The highest BCUT2D eigenvalue weighted by atomic mass is 35.5. The second-order valence-corrected chi connectivity index (χ2v) is 5.63. The lowest BCUT2D eigenvalue weighted by Gasteiger charge is -2.14. The van der Waals surface area contributed by atoms with Crippen LogP contribution in [0, 0.1) is 0 Å². The van der Waals surface area contributed by atoms with Crippen LogP contribution in [0.1, 0.15) is 78.1 Å². The maximum absolute atomic E-state index is 10.4. The molecule has 0 bridgehead atoms. The number of aliphatic carboxylic acids is 1. The van der Waals surface area contributed by atoms with Gasteiger partial charge in [-0.1, -0.05) is 64.7 Å². The van der Waals surface area contributed by atoms with Crippen LogP contribution in [-0.2, 0) is 4.79 Å². The lowest BCUT2D eigenvalue weighted by molar-refractivity contribution is -0.136. The van der Waals surface area contributed by atoms with Gasteiger partial charge in [-0.25, -0.2) is 0 Å². The molecule has 128 valence electrons. The standard InChI is InChI=1S/C16H34N2O2.ClH/c1-3-4-5-6-7-8-9-10-11-12-13-17-15(2)18-14-16(19)20;/h15,17-18H,3-14H2,1-2H3,(H,19,20);1H. The molecular weight excluding hydrogens is 288 g/mol. The van der Waals surface area contributed by atoms with E-state index in [1.165, 1.54) is 64.2 Å². The Balaban J connectivity index is 0. The molecule has 0 aromatic rings. The average molecular weight is 323 g/mol. The van der Waals surface area contributed by atoms with Gasteiger partial charge in [0.05, 0.1) is 12.7 Å². The third-order valence-corrected chi connectivity index (χ3v) is 3.54. The molecule has 1 atom stereocenters. The first-order valence-electron chi connectivity index (χ1n) is 8.35. The molecule has 0 rings (SSSR count). The summed E-state index contributed by atoms with van der Waals surface area (Å²) < 4.78 is 0. The van der Waals surface area contributed by atoms with E-state index >= 15 is 0 Å². The van der Waals surface area contributed by atoms with Gasteiger partial charge in [-0.15, -0.1) is 12.4 Å². The van der Waals surface area contributed by atoms with Crippen LogP contribution in [0.4, 0.5) is 0 Å². The summed E-state index contributed by atoms with van der Waals surface area (Å²) in [7, 11) is 0. The van der Waals surface area contributed by atoms with Crippen LogP contribution in [0.3, 0.4) is 0 Å². The number of carboxylic acids is 1. The van der Waals surface area contributed by atoms with Crippen LogP contribution < -0.4 is 10.6 Å². The van der Waals surface area contributed by atoms with Gasteiger partial charge in [0, 0.05) is 0 Å². The number of unbranched alkanes of at least 4 members (excludes halogenated alkanes) is 9. The number of carbonyl (C=O) groups is 1. The molecule has 0 fully saturated rings. The Morgan fingerprint density at radius 2 is 1.38 bits per heavy atom. The summed E-state index contributed by atoms with van der Waals surface area (Å²) in [6.07, 6.45) is 13.5. The van der Waals surface area contributed by atoms with Crippen molar-refractivity contribution in [3.05, 3.63) is 0 Å². The second-order valence-electron chi connectivity index (χ2n) is 5.63. The number of carboxylic acid groups (broad SMARTS) is 1. The topological polar surface area (TPSA) is 61.4 Å². The summed E-state index contributed by atoms with van der Waals surface area (Å²) in [4.78, 5) is 10.4. The molecular formula is C16H35ClN2O2. The fourth-order valence-electron chi connectivity index (χ4n) is 2.24. The zero-order valence-electron chi connectivity index (χ0n) is 13.8. The van der Waals surface area contributed by atoms with E-state index in [0.717, 1.165) is 6.54 Å². The van der Waals surface area contributed by atoms with Gasteiger partial charge >= 0.3 is 5.97 Å². The number of hydrogen-bond donors (Lipinski definition) is 3. The molecule has 0 saturated heterocycles. The molecule has 0 radical (unpaired) electrons. The van der Waals surface area contributed by atoms with Crippen LogP contribution >= 0.6 is 12.4 Å². The fraction of sp³-hybridized carbons (Fsp3) is 0.938. The van der Waals surface area contributed by atoms with E-state index in [-0.39, 0.29) is 25.1 Å². The van der Waals surface area contributed by atoms with Gasteiger partial charge in [-0.2, -0.15) is 0 Å². The van der Waals surface area contributed by atoms with Crippen LogP contribution in [0.15, 0.2) is 0 Å². The van der Waals surface area contributed by atoms with Gasteiger partial charge in [0.1, 0.15) is 0 Å². The van der Waals surface area contributed by atoms with E-state index < -0.39 is 5.97 Å². The summed E-state index contributed by atoms with van der Waals surface area (Å²) >= 11 is 0. The fourth-order valence-corrected chi connectivity index (χ4v) is 2.24. The van der Waals surface area contributed by atoms with E-state index in [0.29, 0.717) is 0 Å². The van der Waals surface area contributed by atoms with Crippen molar-refractivity contribution < 1.29 is 9.90 Å². The predicted molar refractivity (Wildman–Crippen MR) is 92.2 cm³/mol. The molecule has 0 aromatic carbocycles. The van der Waals surface area contributed by atoms with E-state index in [4.69, 9.17) is 5.11 Å². The van der Waals surface area contributed by atoms with Gasteiger partial charge < -0.3 is 10.4 Å². The first-order chi connectivity index (χ1) is 9.66. The van der Waals surface area contributed by atoms with Gasteiger partial charge in [-0.05, 0) is 19.9 Å². The SMILES string of the molecule is CCCCCCCCCCCCNC(C)NCC(=O)O.Cl. The maximum atomic E-state index is 10.4. The first-order valence-corrected chi connectivity index (χ1v) is 8.35. The summed E-state index contributed by atoms with van der Waals surface area (Å²) in [5, 5.41) is 14.7. The molecule has 0 amide bonds. The second kappa shape index (κ2) is 17.7. The third kappa shape index (κ3) is 19.7. The summed E-state index contributed by atoms with van der Waals surface area (Å²) in [5.41, 5.74) is 0. The zero-order chi connectivity index (χ0) is 15.1. The number of halogens is 1. The van der Waals surface area contributed by atoms with E-state index in [1.54, 1.807) is 0 Å².